The van der Waals surface area contributed by atoms with Gasteiger partial charge >= 0.3 is 0 Å². The molecule has 0 aromatic heterocycles. The molecule has 0 aliphatic heterocycles. The van der Waals surface area contributed by atoms with E-state index < -0.39 is 0 Å². The van der Waals surface area contributed by atoms with Crippen LogP contribution in [-0.4, -0.2) is 18.3 Å². The Morgan fingerprint density at radius 3 is 2.77 bits per heavy atom. The number of anilines is 1. The lowest BCUT2D eigenvalue weighted by atomic mass is 10.0. The fraction of sp³-hybridized carbons (Fsp3) is 0.455. The van der Waals surface area contributed by atoms with Crippen molar-refractivity contribution in [3.8, 4) is 0 Å². The van der Waals surface area contributed by atoms with Crippen molar-refractivity contribution in [1.29, 1.82) is 0 Å². The SMILES string of the molecule is CCNc1cccc(C)c1CCO. The van der Waals surface area contributed by atoms with Gasteiger partial charge in [-0.25, -0.2) is 0 Å². The summed E-state index contributed by atoms with van der Waals surface area (Å²) < 4.78 is 0. The van der Waals surface area contributed by atoms with Crippen LogP contribution in [-0.2, 0) is 6.42 Å². The predicted octanol–water partition coefficient (Wildman–Crippen LogP) is 1.96. The van der Waals surface area contributed by atoms with Crippen molar-refractivity contribution in [2.45, 2.75) is 20.3 Å². The number of hydrogen-bond donors (Lipinski definition) is 2. The minimum absolute atomic E-state index is 0.212. The van der Waals surface area contributed by atoms with E-state index in [-0.39, 0.29) is 6.61 Å². The molecule has 0 spiro atoms. The van der Waals surface area contributed by atoms with Gasteiger partial charge in [0.15, 0.2) is 0 Å². The van der Waals surface area contributed by atoms with Crippen molar-refractivity contribution >= 4 is 5.69 Å². The Bertz CT molecular complexity index is 271. The second-order valence-corrected chi connectivity index (χ2v) is 3.10. The molecule has 0 bridgehead atoms. The maximum Gasteiger partial charge on any atom is 0.0472 e. The number of rotatable bonds is 4. The third kappa shape index (κ3) is 2.46. The van der Waals surface area contributed by atoms with Crippen LogP contribution in [0.5, 0.6) is 0 Å². The predicted molar refractivity (Wildman–Crippen MR) is 56.1 cm³/mol. The van der Waals surface area contributed by atoms with E-state index in [1.54, 1.807) is 0 Å². The molecule has 0 amide bonds. The van der Waals surface area contributed by atoms with Crippen LogP contribution in [0.2, 0.25) is 0 Å². The number of aliphatic hydroxyl groups excluding tert-OH is 1. The maximum absolute atomic E-state index is 8.91. The summed E-state index contributed by atoms with van der Waals surface area (Å²) in [7, 11) is 0. The molecule has 13 heavy (non-hydrogen) atoms. The number of aliphatic hydroxyl groups is 1. The van der Waals surface area contributed by atoms with Crippen LogP contribution in [0.1, 0.15) is 18.1 Å². The lowest BCUT2D eigenvalue weighted by Crippen LogP contribution is -2.04. The van der Waals surface area contributed by atoms with E-state index in [0.717, 1.165) is 18.7 Å². The molecule has 1 rings (SSSR count). The largest absolute Gasteiger partial charge is 0.396 e. The summed E-state index contributed by atoms with van der Waals surface area (Å²) in [5.41, 5.74) is 3.62. The van der Waals surface area contributed by atoms with Crippen molar-refractivity contribution < 1.29 is 5.11 Å². The summed E-state index contributed by atoms with van der Waals surface area (Å²) >= 11 is 0. The highest BCUT2D eigenvalue weighted by Crippen LogP contribution is 2.19. The number of benzene rings is 1. The molecule has 2 N–H and O–H groups in total. The summed E-state index contributed by atoms with van der Waals surface area (Å²) in [5.74, 6) is 0. The molecule has 0 aliphatic carbocycles. The van der Waals surface area contributed by atoms with Crippen molar-refractivity contribution in [3.05, 3.63) is 29.3 Å². The normalized spacial score (nSPS) is 10.1. The molecule has 0 saturated carbocycles. The average Bonchev–Trinajstić information content (AvgIpc) is 2.11. The lowest BCUT2D eigenvalue weighted by molar-refractivity contribution is 0.299. The minimum Gasteiger partial charge on any atom is -0.396 e. The first-order valence-electron chi connectivity index (χ1n) is 4.72. The highest BCUT2D eigenvalue weighted by atomic mass is 16.2. The Labute approximate surface area is 79.6 Å². The molecule has 0 atom stereocenters. The minimum atomic E-state index is 0.212. The Morgan fingerprint density at radius 2 is 2.15 bits per heavy atom. The first-order chi connectivity index (χ1) is 6.29. The highest BCUT2D eigenvalue weighted by molar-refractivity contribution is 5.54. The van der Waals surface area contributed by atoms with Crippen molar-refractivity contribution in [3.63, 3.8) is 0 Å². The van der Waals surface area contributed by atoms with Crippen molar-refractivity contribution in [1.82, 2.24) is 0 Å². The van der Waals surface area contributed by atoms with E-state index >= 15 is 0 Å². The third-order valence-corrected chi connectivity index (χ3v) is 2.14. The number of hydrogen-bond acceptors (Lipinski definition) is 2. The summed E-state index contributed by atoms with van der Waals surface area (Å²) in [6, 6.07) is 6.17. The molecule has 1 aromatic carbocycles. The van der Waals surface area contributed by atoms with Crippen LogP contribution >= 0.6 is 0 Å². The maximum atomic E-state index is 8.91. The molecule has 2 heteroatoms. The summed E-state index contributed by atoms with van der Waals surface area (Å²) in [5, 5.41) is 12.2. The van der Waals surface area contributed by atoms with Crippen LogP contribution in [0, 0.1) is 6.92 Å². The zero-order chi connectivity index (χ0) is 9.68. The molecule has 0 unspecified atom stereocenters. The van der Waals surface area contributed by atoms with Gasteiger partial charge in [0, 0.05) is 18.8 Å². The average molecular weight is 179 g/mol. The molecule has 2 nitrogen and oxygen atoms in total. The van der Waals surface area contributed by atoms with E-state index in [1.165, 1.54) is 11.1 Å². The smallest absolute Gasteiger partial charge is 0.0472 e. The highest BCUT2D eigenvalue weighted by Gasteiger charge is 2.02. The van der Waals surface area contributed by atoms with Gasteiger partial charge in [0.25, 0.3) is 0 Å². The fourth-order valence-corrected chi connectivity index (χ4v) is 1.50. The van der Waals surface area contributed by atoms with Crippen LogP contribution in [0.3, 0.4) is 0 Å². The number of aryl methyl sites for hydroxylation is 1. The van der Waals surface area contributed by atoms with Gasteiger partial charge in [-0.15, -0.1) is 0 Å². The summed E-state index contributed by atoms with van der Waals surface area (Å²) in [4.78, 5) is 0. The second-order valence-electron chi connectivity index (χ2n) is 3.10. The van der Waals surface area contributed by atoms with Crippen LogP contribution in [0.15, 0.2) is 18.2 Å². The summed E-state index contributed by atoms with van der Waals surface area (Å²) in [6.07, 6.45) is 0.731. The zero-order valence-electron chi connectivity index (χ0n) is 8.30. The van der Waals surface area contributed by atoms with Crippen LogP contribution in [0.4, 0.5) is 5.69 Å². The zero-order valence-corrected chi connectivity index (χ0v) is 8.30. The van der Waals surface area contributed by atoms with Crippen molar-refractivity contribution in [2.24, 2.45) is 0 Å². The molecule has 0 radical (unpaired) electrons. The Balaban J connectivity index is 2.95. The van der Waals surface area contributed by atoms with Gasteiger partial charge < -0.3 is 10.4 Å². The van der Waals surface area contributed by atoms with E-state index in [2.05, 4.69) is 31.3 Å². The van der Waals surface area contributed by atoms with Gasteiger partial charge in [-0.2, -0.15) is 0 Å². The van der Waals surface area contributed by atoms with Crippen molar-refractivity contribution in [2.75, 3.05) is 18.5 Å². The summed E-state index contributed by atoms with van der Waals surface area (Å²) in [6.45, 7) is 5.28. The quantitative estimate of drug-likeness (QED) is 0.740. The Hall–Kier alpha value is -1.02. The topological polar surface area (TPSA) is 32.3 Å². The molecular formula is C11H17NO. The van der Waals surface area contributed by atoms with E-state index in [9.17, 15) is 0 Å². The van der Waals surface area contributed by atoms with Gasteiger partial charge in [0.05, 0.1) is 0 Å². The van der Waals surface area contributed by atoms with Crippen LogP contribution < -0.4 is 5.32 Å². The van der Waals surface area contributed by atoms with Gasteiger partial charge in [0.2, 0.25) is 0 Å². The van der Waals surface area contributed by atoms with E-state index in [4.69, 9.17) is 5.11 Å². The second kappa shape index (κ2) is 4.87. The molecule has 0 aliphatic rings. The molecular weight excluding hydrogens is 162 g/mol. The first-order valence-corrected chi connectivity index (χ1v) is 4.72. The van der Waals surface area contributed by atoms with E-state index in [1.807, 2.05) is 6.07 Å². The molecule has 0 fully saturated rings. The fourth-order valence-electron chi connectivity index (χ4n) is 1.50. The molecule has 72 valence electrons. The number of nitrogens with one attached hydrogen (secondary N) is 1. The standard InChI is InChI=1S/C11H17NO/c1-3-12-11-6-4-5-9(2)10(11)7-8-13/h4-6,12-13H,3,7-8H2,1-2H3. The first kappa shape index (κ1) is 10.1. The van der Waals surface area contributed by atoms with Gasteiger partial charge in [-0.05, 0) is 37.5 Å². The monoisotopic (exact) mass is 179 g/mol. The van der Waals surface area contributed by atoms with Gasteiger partial charge in [0.1, 0.15) is 0 Å². The van der Waals surface area contributed by atoms with E-state index in [0.29, 0.717) is 0 Å². The Morgan fingerprint density at radius 1 is 1.38 bits per heavy atom. The molecule has 0 saturated heterocycles. The Kier molecular flexibility index (Phi) is 3.77. The molecule has 1 aromatic rings. The van der Waals surface area contributed by atoms with Gasteiger partial charge in [-0.3, -0.25) is 0 Å². The molecule has 0 heterocycles. The lowest BCUT2D eigenvalue weighted by Gasteiger charge is -2.12. The van der Waals surface area contributed by atoms with Gasteiger partial charge in [-0.1, -0.05) is 12.1 Å². The third-order valence-electron chi connectivity index (χ3n) is 2.14. The van der Waals surface area contributed by atoms with Crippen LogP contribution in [0.25, 0.3) is 0 Å².